The van der Waals surface area contributed by atoms with E-state index in [2.05, 4.69) is 0 Å². The van der Waals surface area contributed by atoms with Crippen LogP contribution in [0.5, 0.6) is 0 Å². The van der Waals surface area contributed by atoms with E-state index < -0.39 is 0 Å². The molecule has 0 fully saturated rings. The number of nitrogens with two attached hydrogens (primary N) is 1. The van der Waals surface area contributed by atoms with Gasteiger partial charge in [-0.05, 0) is 42.2 Å². The van der Waals surface area contributed by atoms with Crippen molar-refractivity contribution in [1.29, 1.82) is 0 Å². The first kappa shape index (κ1) is 15.7. The van der Waals surface area contributed by atoms with Gasteiger partial charge in [0.1, 0.15) is 0 Å². The molecule has 0 spiro atoms. The largest absolute Gasteiger partial charge is 0.399 e. The molecular weight excluding hydrogens is 304 g/mol. The molecule has 2 N–H and O–H groups in total. The number of carbonyl (C=O) groups is 1. The van der Waals surface area contributed by atoms with Crippen molar-refractivity contribution < 1.29 is 4.79 Å². The SMILES string of the molecule is CSc1ccc(CN(C)C(=O)c2cc(N)ccc2Cl)cc1. The molecule has 0 radical (unpaired) electrons. The number of carbonyl (C=O) groups excluding carboxylic acids is 1. The lowest BCUT2D eigenvalue weighted by molar-refractivity contribution is 0.0785. The van der Waals surface area contributed by atoms with E-state index in [1.54, 1.807) is 41.9 Å². The fraction of sp³-hybridized carbons (Fsp3) is 0.188. The van der Waals surface area contributed by atoms with Gasteiger partial charge in [0.05, 0.1) is 10.6 Å². The summed E-state index contributed by atoms with van der Waals surface area (Å²) < 4.78 is 0. The number of nitrogen functional groups attached to an aromatic ring is 1. The molecule has 21 heavy (non-hydrogen) atoms. The molecule has 0 bridgehead atoms. The van der Waals surface area contributed by atoms with E-state index in [0.717, 1.165) is 5.56 Å². The second-order valence-electron chi connectivity index (χ2n) is 4.75. The second kappa shape index (κ2) is 6.87. The van der Waals surface area contributed by atoms with E-state index in [0.29, 0.717) is 22.8 Å². The van der Waals surface area contributed by atoms with Crippen LogP contribution in [-0.2, 0) is 6.54 Å². The van der Waals surface area contributed by atoms with Crippen molar-refractivity contribution in [3.63, 3.8) is 0 Å². The number of rotatable bonds is 4. The molecule has 0 aliphatic rings. The van der Waals surface area contributed by atoms with Gasteiger partial charge >= 0.3 is 0 Å². The standard InChI is InChI=1S/C16H17ClN2OS/c1-19(10-11-3-6-13(21-2)7-4-11)16(20)14-9-12(18)5-8-15(14)17/h3-9H,10,18H2,1-2H3. The first-order valence-corrected chi connectivity index (χ1v) is 8.05. The maximum absolute atomic E-state index is 12.4. The van der Waals surface area contributed by atoms with Crippen LogP contribution >= 0.6 is 23.4 Å². The zero-order chi connectivity index (χ0) is 15.4. The summed E-state index contributed by atoms with van der Waals surface area (Å²) in [7, 11) is 1.75. The van der Waals surface area contributed by atoms with Crippen LogP contribution in [0, 0.1) is 0 Å². The molecule has 0 unspecified atom stereocenters. The predicted octanol–water partition coefficient (Wildman–Crippen LogP) is 3.92. The number of benzene rings is 2. The molecule has 5 heteroatoms. The Hall–Kier alpha value is -1.65. The fourth-order valence-corrected chi connectivity index (χ4v) is 2.60. The van der Waals surface area contributed by atoms with Gasteiger partial charge in [-0.1, -0.05) is 23.7 Å². The van der Waals surface area contributed by atoms with Gasteiger partial charge in [0.2, 0.25) is 0 Å². The smallest absolute Gasteiger partial charge is 0.255 e. The molecule has 2 aromatic rings. The molecule has 0 aromatic heterocycles. The lowest BCUT2D eigenvalue weighted by Gasteiger charge is -2.18. The van der Waals surface area contributed by atoms with Gasteiger partial charge in [0, 0.05) is 24.2 Å². The van der Waals surface area contributed by atoms with E-state index >= 15 is 0 Å². The maximum atomic E-state index is 12.4. The van der Waals surface area contributed by atoms with Crippen LogP contribution < -0.4 is 5.73 Å². The van der Waals surface area contributed by atoms with Crippen LogP contribution in [0.4, 0.5) is 5.69 Å². The first-order valence-electron chi connectivity index (χ1n) is 6.44. The fourth-order valence-electron chi connectivity index (χ4n) is 1.99. The van der Waals surface area contributed by atoms with Crippen molar-refractivity contribution in [2.45, 2.75) is 11.4 Å². The topological polar surface area (TPSA) is 46.3 Å². The van der Waals surface area contributed by atoms with Crippen molar-refractivity contribution in [1.82, 2.24) is 4.90 Å². The summed E-state index contributed by atoms with van der Waals surface area (Å²) in [5.74, 6) is -0.138. The average Bonchev–Trinajstić information content (AvgIpc) is 2.49. The van der Waals surface area contributed by atoms with Crippen LogP contribution in [0.1, 0.15) is 15.9 Å². The third-order valence-corrected chi connectivity index (χ3v) is 4.22. The quantitative estimate of drug-likeness (QED) is 0.686. The molecule has 0 aliphatic heterocycles. The van der Waals surface area contributed by atoms with Gasteiger partial charge < -0.3 is 10.6 Å². The number of hydrogen-bond donors (Lipinski definition) is 1. The molecule has 2 rings (SSSR count). The van der Waals surface area contributed by atoms with Crippen LogP contribution in [0.2, 0.25) is 5.02 Å². The molecule has 0 atom stereocenters. The Morgan fingerprint density at radius 1 is 1.24 bits per heavy atom. The molecular formula is C16H17ClN2OS. The summed E-state index contributed by atoms with van der Waals surface area (Å²) in [4.78, 5) is 15.3. The van der Waals surface area contributed by atoms with Gasteiger partial charge in [0.15, 0.2) is 0 Å². The van der Waals surface area contributed by atoms with Crippen LogP contribution in [-0.4, -0.2) is 24.1 Å². The van der Waals surface area contributed by atoms with Crippen LogP contribution in [0.25, 0.3) is 0 Å². The zero-order valence-electron chi connectivity index (χ0n) is 12.0. The Bertz CT molecular complexity index is 643. The summed E-state index contributed by atoms with van der Waals surface area (Å²) in [6.45, 7) is 0.526. The Morgan fingerprint density at radius 3 is 2.52 bits per heavy atom. The van der Waals surface area contributed by atoms with Crippen LogP contribution in [0.3, 0.4) is 0 Å². The van der Waals surface area contributed by atoms with Crippen molar-refractivity contribution in [3.8, 4) is 0 Å². The van der Waals surface area contributed by atoms with Crippen molar-refractivity contribution >= 4 is 35.0 Å². The Kier molecular flexibility index (Phi) is 5.15. The van der Waals surface area contributed by atoms with E-state index in [1.807, 2.05) is 30.5 Å². The maximum Gasteiger partial charge on any atom is 0.255 e. The van der Waals surface area contributed by atoms with E-state index in [1.165, 1.54) is 4.90 Å². The normalized spacial score (nSPS) is 10.4. The van der Waals surface area contributed by atoms with Gasteiger partial charge in [-0.15, -0.1) is 11.8 Å². The highest BCUT2D eigenvalue weighted by Crippen LogP contribution is 2.21. The van der Waals surface area contributed by atoms with Gasteiger partial charge in [-0.2, -0.15) is 0 Å². The molecule has 0 saturated carbocycles. The van der Waals surface area contributed by atoms with Gasteiger partial charge in [-0.3, -0.25) is 4.79 Å². The summed E-state index contributed by atoms with van der Waals surface area (Å²) in [6.07, 6.45) is 2.03. The first-order chi connectivity index (χ1) is 10.0. The number of anilines is 1. The lowest BCUT2D eigenvalue weighted by atomic mass is 10.1. The monoisotopic (exact) mass is 320 g/mol. The average molecular weight is 321 g/mol. The van der Waals surface area contributed by atoms with Crippen LogP contribution in [0.15, 0.2) is 47.4 Å². The van der Waals surface area contributed by atoms with E-state index in [-0.39, 0.29) is 5.91 Å². The number of nitrogens with zero attached hydrogens (tertiary/aromatic N) is 1. The highest BCUT2D eigenvalue weighted by atomic mass is 35.5. The summed E-state index contributed by atoms with van der Waals surface area (Å²) in [5.41, 5.74) is 7.75. The van der Waals surface area contributed by atoms with Crippen molar-refractivity contribution in [2.75, 3.05) is 19.0 Å². The van der Waals surface area contributed by atoms with Crippen molar-refractivity contribution in [2.24, 2.45) is 0 Å². The Balaban J connectivity index is 2.13. The zero-order valence-corrected chi connectivity index (χ0v) is 13.5. The summed E-state index contributed by atoms with van der Waals surface area (Å²) in [6, 6.07) is 13.1. The van der Waals surface area contributed by atoms with Gasteiger partial charge in [0.25, 0.3) is 5.91 Å². The highest BCUT2D eigenvalue weighted by Gasteiger charge is 2.15. The van der Waals surface area contributed by atoms with Gasteiger partial charge in [-0.25, -0.2) is 0 Å². The predicted molar refractivity (Wildman–Crippen MR) is 89.9 cm³/mol. The minimum Gasteiger partial charge on any atom is -0.399 e. The Morgan fingerprint density at radius 2 is 1.90 bits per heavy atom. The molecule has 0 saturated heterocycles. The third-order valence-electron chi connectivity index (χ3n) is 3.15. The molecule has 2 aromatic carbocycles. The molecule has 1 amide bonds. The minimum atomic E-state index is -0.138. The molecule has 3 nitrogen and oxygen atoms in total. The minimum absolute atomic E-state index is 0.138. The highest BCUT2D eigenvalue weighted by molar-refractivity contribution is 7.98. The molecule has 0 heterocycles. The second-order valence-corrected chi connectivity index (χ2v) is 6.04. The van der Waals surface area contributed by atoms with Crippen molar-refractivity contribution in [3.05, 3.63) is 58.6 Å². The molecule has 0 aliphatic carbocycles. The summed E-state index contributed by atoms with van der Waals surface area (Å²) in [5, 5.41) is 0.416. The number of halogens is 1. The third kappa shape index (κ3) is 3.93. The van der Waals surface area contributed by atoms with E-state index in [4.69, 9.17) is 17.3 Å². The van der Waals surface area contributed by atoms with E-state index in [9.17, 15) is 4.79 Å². The molecule has 110 valence electrons. The summed E-state index contributed by atoms with van der Waals surface area (Å²) >= 11 is 7.76. The number of hydrogen-bond acceptors (Lipinski definition) is 3. The number of amides is 1. The number of thioether (sulfide) groups is 1. The lowest BCUT2D eigenvalue weighted by Crippen LogP contribution is -2.26. The Labute approximate surface area is 134 Å².